The number of carbonyl (C=O) groups is 2. The Morgan fingerprint density at radius 2 is 1.98 bits per heavy atom. The molecule has 0 radical (unpaired) electrons. The predicted molar refractivity (Wildman–Crippen MR) is 148 cm³/mol. The Kier molecular flexibility index (Phi) is 8.11. The number of aromatic amines is 1. The summed E-state index contributed by atoms with van der Waals surface area (Å²) in [7, 11) is 1.48. The minimum atomic E-state index is -1.15. The molecule has 2 aliphatic rings. The number of rotatable bonds is 10. The van der Waals surface area contributed by atoms with Gasteiger partial charge in [0.15, 0.2) is 11.5 Å². The monoisotopic (exact) mass is 549 g/mol. The number of amides is 2. The van der Waals surface area contributed by atoms with Crippen LogP contribution in [0.5, 0.6) is 11.5 Å². The molecule has 1 aliphatic carbocycles. The van der Waals surface area contributed by atoms with Gasteiger partial charge in [0, 0.05) is 48.3 Å². The van der Waals surface area contributed by atoms with Gasteiger partial charge in [-0.2, -0.15) is 0 Å². The summed E-state index contributed by atoms with van der Waals surface area (Å²) in [6.07, 6.45) is 0.370. The third kappa shape index (κ3) is 5.05. The number of hydrogen-bond donors (Lipinski definition) is 5. The van der Waals surface area contributed by atoms with Gasteiger partial charge in [0.1, 0.15) is 12.2 Å². The first-order valence-corrected chi connectivity index (χ1v) is 13.5. The van der Waals surface area contributed by atoms with E-state index in [-0.39, 0.29) is 32.1 Å². The van der Waals surface area contributed by atoms with Crippen LogP contribution in [0.25, 0.3) is 10.9 Å². The van der Waals surface area contributed by atoms with Crippen LogP contribution in [0.4, 0.5) is 0 Å². The highest BCUT2D eigenvalue weighted by Crippen LogP contribution is 2.51. The Bertz CT molecular complexity index is 1400. The van der Waals surface area contributed by atoms with Crippen LogP contribution in [-0.4, -0.2) is 82.1 Å². The van der Waals surface area contributed by atoms with Gasteiger partial charge in [-0.05, 0) is 41.3 Å². The molecule has 3 aromatic rings. The van der Waals surface area contributed by atoms with E-state index in [2.05, 4.69) is 10.3 Å². The van der Waals surface area contributed by atoms with Crippen LogP contribution in [0.15, 0.2) is 54.1 Å². The van der Waals surface area contributed by atoms with Crippen LogP contribution in [0.3, 0.4) is 0 Å². The van der Waals surface area contributed by atoms with Crippen LogP contribution in [0.2, 0.25) is 0 Å². The molecular formula is C30H35N3O7. The van der Waals surface area contributed by atoms with Crippen LogP contribution >= 0.6 is 0 Å². The van der Waals surface area contributed by atoms with Crippen molar-refractivity contribution in [3.05, 3.63) is 70.9 Å². The maximum absolute atomic E-state index is 13.4. The minimum Gasteiger partial charge on any atom is -0.493 e. The van der Waals surface area contributed by atoms with E-state index in [0.717, 1.165) is 16.6 Å². The first-order valence-electron chi connectivity index (χ1n) is 13.5. The highest BCUT2D eigenvalue weighted by atomic mass is 16.5. The second-order valence-electron chi connectivity index (χ2n) is 10.1. The number of ether oxygens (including phenoxy) is 2. The Hall–Kier alpha value is -3.86. The van der Waals surface area contributed by atoms with E-state index in [1.54, 1.807) is 30.0 Å². The fraction of sp³-hybridized carbons (Fsp3) is 0.400. The van der Waals surface area contributed by atoms with Crippen molar-refractivity contribution in [3.63, 3.8) is 0 Å². The predicted octanol–water partition coefficient (Wildman–Crippen LogP) is 1.77. The van der Waals surface area contributed by atoms with Crippen LogP contribution in [0.1, 0.15) is 36.1 Å². The maximum atomic E-state index is 13.4. The zero-order valence-corrected chi connectivity index (χ0v) is 22.6. The van der Waals surface area contributed by atoms with E-state index >= 15 is 0 Å². The van der Waals surface area contributed by atoms with Crippen molar-refractivity contribution < 1.29 is 34.4 Å². The average Bonchev–Trinajstić information content (AvgIpc) is 3.58. The summed E-state index contributed by atoms with van der Waals surface area (Å²) in [6, 6.07) is 12.5. The molecule has 0 saturated heterocycles. The molecule has 0 fully saturated rings. The fourth-order valence-electron chi connectivity index (χ4n) is 5.77. The molecule has 2 aromatic carbocycles. The lowest BCUT2D eigenvalue weighted by molar-refractivity contribution is -0.136. The van der Waals surface area contributed by atoms with Gasteiger partial charge in [0.2, 0.25) is 11.8 Å². The molecule has 5 N–H and O–H groups in total. The smallest absolute Gasteiger partial charge is 0.247 e. The largest absolute Gasteiger partial charge is 0.493 e. The van der Waals surface area contributed by atoms with Crippen molar-refractivity contribution in [2.24, 2.45) is 0 Å². The van der Waals surface area contributed by atoms with Gasteiger partial charge in [0.05, 0.1) is 32.3 Å². The summed E-state index contributed by atoms with van der Waals surface area (Å²) in [6.45, 7) is 1.64. The second-order valence-corrected chi connectivity index (χ2v) is 10.1. The van der Waals surface area contributed by atoms with Gasteiger partial charge in [-0.1, -0.05) is 25.1 Å². The molecule has 1 aromatic heterocycles. The standard InChI is InChI=1S/C30H35N3O7/c1-3-25(36)33(10-8-19-14-18-6-4-5-7-22(18)32-19)23-15-21(30(38)31-9-11-34)26-20-12-17(16-35)13-24(39-2)28(20)40-29(26)27(23)37/h4-7,12-15,23,26-27,29,32,34-35,37H,3,8-11,16H2,1-2H3,(H,31,38)/t23-,26+,27+,29+/m1/s1. The minimum absolute atomic E-state index is 0.0481. The van der Waals surface area contributed by atoms with E-state index in [9.17, 15) is 24.9 Å². The Balaban J connectivity index is 1.52. The zero-order chi connectivity index (χ0) is 28.4. The molecule has 2 heterocycles. The van der Waals surface area contributed by atoms with Gasteiger partial charge in [-0.3, -0.25) is 9.59 Å². The van der Waals surface area contributed by atoms with Crippen LogP contribution in [0, 0.1) is 0 Å². The molecule has 4 atom stereocenters. The lowest BCUT2D eigenvalue weighted by atomic mass is 9.77. The first-order chi connectivity index (χ1) is 19.4. The number of carbonyl (C=O) groups excluding carboxylic acids is 2. The number of aliphatic hydroxyl groups is 3. The molecule has 0 unspecified atom stereocenters. The molecule has 0 bridgehead atoms. The van der Waals surface area contributed by atoms with Crippen molar-refractivity contribution in [2.75, 3.05) is 26.8 Å². The first kappa shape index (κ1) is 27.7. The summed E-state index contributed by atoms with van der Waals surface area (Å²) in [4.78, 5) is 31.6. The number of aromatic nitrogens is 1. The van der Waals surface area contributed by atoms with Crippen molar-refractivity contribution in [2.45, 2.75) is 50.5 Å². The van der Waals surface area contributed by atoms with Gasteiger partial charge in [0.25, 0.3) is 0 Å². The lowest BCUT2D eigenvalue weighted by Gasteiger charge is -2.40. The highest BCUT2D eigenvalue weighted by molar-refractivity contribution is 5.96. The topological polar surface area (TPSA) is 144 Å². The van der Waals surface area contributed by atoms with Crippen LogP contribution < -0.4 is 14.8 Å². The summed E-state index contributed by atoms with van der Waals surface area (Å²) in [5.74, 6) is -0.477. The molecule has 0 spiro atoms. The summed E-state index contributed by atoms with van der Waals surface area (Å²) in [5, 5.41) is 34.6. The SMILES string of the molecule is CCC(=O)N(CCc1cc2ccccc2[nH]1)[C@@H]1C=C(C(=O)NCCO)[C@@H]2c3cc(CO)cc(OC)c3O[C@@H]2[C@H]1O. The van der Waals surface area contributed by atoms with Crippen molar-refractivity contribution >= 4 is 22.7 Å². The summed E-state index contributed by atoms with van der Waals surface area (Å²) < 4.78 is 11.8. The van der Waals surface area contributed by atoms with Gasteiger partial charge in [-0.15, -0.1) is 0 Å². The molecule has 2 amide bonds. The van der Waals surface area contributed by atoms with E-state index in [1.807, 2.05) is 30.3 Å². The number of methoxy groups -OCH3 is 1. The maximum Gasteiger partial charge on any atom is 0.247 e. The van der Waals surface area contributed by atoms with E-state index in [0.29, 0.717) is 41.2 Å². The average molecular weight is 550 g/mol. The number of hydrogen-bond acceptors (Lipinski definition) is 7. The second kappa shape index (κ2) is 11.7. The number of nitrogens with one attached hydrogen (secondary N) is 2. The fourth-order valence-corrected chi connectivity index (χ4v) is 5.77. The molecule has 5 rings (SSSR count). The summed E-state index contributed by atoms with van der Waals surface area (Å²) >= 11 is 0. The number of H-pyrrole nitrogens is 1. The van der Waals surface area contributed by atoms with Gasteiger partial charge < -0.3 is 40.0 Å². The van der Waals surface area contributed by atoms with E-state index in [1.165, 1.54) is 7.11 Å². The van der Waals surface area contributed by atoms with Crippen molar-refractivity contribution in [1.29, 1.82) is 0 Å². The Morgan fingerprint density at radius 1 is 1.18 bits per heavy atom. The zero-order valence-electron chi connectivity index (χ0n) is 22.6. The molecular weight excluding hydrogens is 514 g/mol. The highest BCUT2D eigenvalue weighted by Gasteiger charge is 2.51. The van der Waals surface area contributed by atoms with Crippen molar-refractivity contribution in [1.82, 2.24) is 15.2 Å². The van der Waals surface area contributed by atoms with E-state index in [4.69, 9.17) is 9.47 Å². The Labute approximate surface area is 232 Å². The molecule has 212 valence electrons. The van der Waals surface area contributed by atoms with Gasteiger partial charge >= 0.3 is 0 Å². The molecule has 1 aliphatic heterocycles. The lowest BCUT2D eigenvalue weighted by Crippen LogP contribution is -2.56. The van der Waals surface area contributed by atoms with Gasteiger partial charge in [-0.25, -0.2) is 0 Å². The number of nitrogens with zero attached hydrogens (tertiary/aromatic N) is 1. The third-order valence-electron chi connectivity index (χ3n) is 7.69. The van der Waals surface area contributed by atoms with Crippen molar-refractivity contribution in [3.8, 4) is 11.5 Å². The molecule has 10 nitrogen and oxygen atoms in total. The quantitative estimate of drug-likeness (QED) is 0.259. The molecule has 10 heteroatoms. The summed E-state index contributed by atoms with van der Waals surface area (Å²) in [5.41, 5.74) is 3.47. The normalized spacial score (nSPS) is 21.3. The number of benzene rings is 2. The molecule has 40 heavy (non-hydrogen) atoms. The van der Waals surface area contributed by atoms with E-state index < -0.39 is 30.1 Å². The van der Waals surface area contributed by atoms with Crippen LogP contribution in [-0.2, 0) is 22.6 Å². The third-order valence-corrected chi connectivity index (χ3v) is 7.69. The number of aliphatic hydroxyl groups excluding tert-OH is 3. The number of para-hydroxylation sites is 1. The molecule has 0 saturated carbocycles. The Morgan fingerprint density at radius 3 is 2.67 bits per heavy atom. The number of fused-ring (bicyclic) bond motifs is 4.